The van der Waals surface area contributed by atoms with Crippen LogP contribution in [0.1, 0.15) is 25.8 Å². The third-order valence-electron chi connectivity index (χ3n) is 3.75. The molecule has 1 aliphatic heterocycles. The topological polar surface area (TPSA) is 114 Å². The van der Waals surface area contributed by atoms with Gasteiger partial charge in [-0.05, 0) is 20.8 Å². The SMILES string of the molecule is Cc1ncnc2c1ncn2[C@@H]1O[C@H](C(C)(C)O)[C@@H](O)[C@H]1O. The zero-order valence-corrected chi connectivity index (χ0v) is 12.0. The Morgan fingerprint density at radius 3 is 2.52 bits per heavy atom. The van der Waals surface area contributed by atoms with Crippen LogP contribution in [0.2, 0.25) is 0 Å². The number of aryl methyl sites for hydroxylation is 1. The summed E-state index contributed by atoms with van der Waals surface area (Å²) >= 11 is 0. The van der Waals surface area contributed by atoms with Crippen molar-refractivity contribution in [1.29, 1.82) is 0 Å². The Bertz CT molecular complexity index is 666. The smallest absolute Gasteiger partial charge is 0.165 e. The van der Waals surface area contributed by atoms with Crippen LogP contribution in [0, 0.1) is 6.92 Å². The number of hydrogen-bond acceptors (Lipinski definition) is 7. The minimum absolute atomic E-state index is 0.509. The van der Waals surface area contributed by atoms with Gasteiger partial charge in [-0.15, -0.1) is 0 Å². The van der Waals surface area contributed by atoms with Crippen LogP contribution in [-0.2, 0) is 4.74 Å². The maximum atomic E-state index is 10.2. The molecule has 1 fully saturated rings. The number of aliphatic hydroxyl groups is 3. The average molecular weight is 294 g/mol. The summed E-state index contributed by atoms with van der Waals surface area (Å²) in [6.45, 7) is 4.85. The third kappa shape index (κ3) is 2.20. The summed E-state index contributed by atoms with van der Waals surface area (Å²) in [4.78, 5) is 12.4. The number of hydrogen-bond donors (Lipinski definition) is 3. The molecule has 1 saturated heterocycles. The first-order valence-electron chi connectivity index (χ1n) is 6.69. The molecule has 4 atom stereocenters. The van der Waals surface area contributed by atoms with E-state index < -0.39 is 30.1 Å². The van der Waals surface area contributed by atoms with Crippen molar-refractivity contribution in [2.75, 3.05) is 0 Å². The van der Waals surface area contributed by atoms with E-state index in [0.717, 1.165) is 0 Å². The molecule has 0 amide bonds. The van der Waals surface area contributed by atoms with Crippen LogP contribution in [0.4, 0.5) is 0 Å². The molecule has 3 heterocycles. The highest BCUT2D eigenvalue weighted by Gasteiger charge is 2.50. The van der Waals surface area contributed by atoms with Crippen LogP contribution in [0.15, 0.2) is 12.7 Å². The third-order valence-corrected chi connectivity index (χ3v) is 3.75. The van der Waals surface area contributed by atoms with Crippen molar-refractivity contribution >= 4 is 11.2 Å². The summed E-state index contributed by atoms with van der Waals surface area (Å²) in [6, 6.07) is 0. The first kappa shape index (κ1) is 14.3. The Balaban J connectivity index is 2.02. The van der Waals surface area contributed by atoms with Gasteiger partial charge in [-0.25, -0.2) is 15.0 Å². The monoisotopic (exact) mass is 294 g/mol. The molecule has 2 aromatic heterocycles. The number of aromatic nitrogens is 4. The lowest BCUT2D eigenvalue weighted by Crippen LogP contribution is -2.44. The zero-order valence-electron chi connectivity index (χ0n) is 12.0. The molecule has 2 aromatic rings. The fourth-order valence-electron chi connectivity index (χ4n) is 2.63. The Labute approximate surface area is 121 Å². The van der Waals surface area contributed by atoms with Gasteiger partial charge >= 0.3 is 0 Å². The lowest BCUT2D eigenvalue weighted by atomic mass is 9.96. The van der Waals surface area contributed by atoms with Crippen LogP contribution in [0.25, 0.3) is 11.2 Å². The highest BCUT2D eigenvalue weighted by molar-refractivity contribution is 5.72. The summed E-state index contributed by atoms with van der Waals surface area (Å²) in [7, 11) is 0. The van der Waals surface area contributed by atoms with E-state index in [2.05, 4.69) is 15.0 Å². The predicted octanol–water partition coefficient (Wildman–Crippen LogP) is -0.475. The summed E-state index contributed by atoms with van der Waals surface area (Å²) in [5.74, 6) is 0. The fraction of sp³-hybridized carbons (Fsp3) is 0.615. The Morgan fingerprint density at radius 1 is 1.19 bits per heavy atom. The standard InChI is InChI=1S/C13H18N4O4/c1-6-7-11(15-4-14-6)17(5-16-7)12-9(19)8(18)10(21-12)13(2,3)20/h4-5,8-10,12,18-20H,1-3H3/t8-,9+,10-,12+/m0/s1. The fourth-order valence-corrected chi connectivity index (χ4v) is 2.63. The number of fused-ring (bicyclic) bond motifs is 1. The van der Waals surface area contributed by atoms with E-state index in [-0.39, 0.29) is 0 Å². The molecule has 0 saturated carbocycles. The van der Waals surface area contributed by atoms with Crippen LogP contribution in [-0.4, -0.2) is 58.8 Å². The van der Waals surface area contributed by atoms with Crippen LogP contribution >= 0.6 is 0 Å². The Morgan fingerprint density at radius 2 is 1.90 bits per heavy atom. The highest BCUT2D eigenvalue weighted by atomic mass is 16.6. The van der Waals surface area contributed by atoms with E-state index in [1.54, 1.807) is 4.57 Å². The molecule has 0 unspecified atom stereocenters. The van der Waals surface area contributed by atoms with Gasteiger partial charge in [0.15, 0.2) is 11.9 Å². The van der Waals surface area contributed by atoms with Crippen molar-refractivity contribution in [2.45, 2.75) is 50.9 Å². The lowest BCUT2D eigenvalue weighted by molar-refractivity contribution is -0.122. The molecule has 0 aliphatic carbocycles. The first-order valence-corrected chi connectivity index (χ1v) is 6.69. The van der Waals surface area contributed by atoms with Crippen LogP contribution < -0.4 is 0 Å². The van der Waals surface area contributed by atoms with Crippen molar-refractivity contribution in [3.05, 3.63) is 18.3 Å². The highest BCUT2D eigenvalue weighted by Crippen LogP contribution is 2.35. The zero-order chi connectivity index (χ0) is 15.4. The van der Waals surface area contributed by atoms with Gasteiger partial charge in [0.05, 0.1) is 17.6 Å². The number of imidazole rings is 1. The number of nitrogens with zero attached hydrogens (tertiary/aromatic N) is 4. The molecule has 3 N–H and O–H groups in total. The van der Waals surface area contributed by atoms with E-state index >= 15 is 0 Å². The van der Waals surface area contributed by atoms with Gasteiger partial charge in [-0.2, -0.15) is 0 Å². The molecule has 3 rings (SSSR count). The lowest BCUT2D eigenvalue weighted by Gasteiger charge is -2.27. The molecule has 21 heavy (non-hydrogen) atoms. The quantitative estimate of drug-likeness (QED) is 0.685. The molecule has 0 spiro atoms. The minimum atomic E-state index is -1.28. The van der Waals surface area contributed by atoms with Crippen LogP contribution in [0.5, 0.6) is 0 Å². The van der Waals surface area contributed by atoms with Gasteiger partial charge in [0.1, 0.15) is 30.2 Å². The van der Waals surface area contributed by atoms with E-state index in [0.29, 0.717) is 16.9 Å². The molecular formula is C13H18N4O4. The molecule has 8 heteroatoms. The minimum Gasteiger partial charge on any atom is -0.388 e. The summed E-state index contributed by atoms with van der Waals surface area (Å²) < 4.78 is 7.20. The maximum absolute atomic E-state index is 10.2. The molecule has 8 nitrogen and oxygen atoms in total. The molecule has 0 aromatic carbocycles. The molecule has 0 radical (unpaired) electrons. The average Bonchev–Trinajstić information content (AvgIpc) is 2.93. The van der Waals surface area contributed by atoms with Gasteiger partial charge in [0.25, 0.3) is 0 Å². The van der Waals surface area contributed by atoms with Gasteiger partial charge in [-0.1, -0.05) is 0 Å². The molecule has 114 valence electrons. The first-order chi connectivity index (χ1) is 9.80. The Hall–Kier alpha value is -1.61. The van der Waals surface area contributed by atoms with E-state index in [4.69, 9.17) is 4.74 Å². The second-order valence-electron chi connectivity index (χ2n) is 5.87. The van der Waals surface area contributed by atoms with Crippen molar-refractivity contribution < 1.29 is 20.1 Å². The van der Waals surface area contributed by atoms with Crippen molar-refractivity contribution in [1.82, 2.24) is 19.5 Å². The number of rotatable bonds is 2. The van der Waals surface area contributed by atoms with E-state index in [1.165, 1.54) is 26.5 Å². The normalized spacial score (nSPS) is 30.2. The molecule has 0 bridgehead atoms. The van der Waals surface area contributed by atoms with Gasteiger partial charge in [0.2, 0.25) is 0 Å². The molecule has 1 aliphatic rings. The summed E-state index contributed by atoms with van der Waals surface area (Å²) in [6.07, 6.45) is -1.26. The molecular weight excluding hydrogens is 276 g/mol. The summed E-state index contributed by atoms with van der Waals surface area (Å²) in [5, 5.41) is 30.3. The van der Waals surface area contributed by atoms with Crippen molar-refractivity contribution in [3.63, 3.8) is 0 Å². The van der Waals surface area contributed by atoms with Gasteiger partial charge in [0, 0.05) is 0 Å². The number of ether oxygens (including phenoxy) is 1. The Kier molecular flexibility index (Phi) is 3.21. The van der Waals surface area contributed by atoms with Crippen molar-refractivity contribution in [2.24, 2.45) is 0 Å². The number of aliphatic hydroxyl groups excluding tert-OH is 2. The second-order valence-corrected chi connectivity index (χ2v) is 5.87. The largest absolute Gasteiger partial charge is 0.388 e. The van der Waals surface area contributed by atoms with Crippen LogP contribution in [0.3, 0.4) is 0 Å². The predicted molar refractivity (Wildman–Crippen MR) is 72.3 cm³/mol. The van der Waals surface area contributed by atoms with E-state index in [1.807, 2.05) is 6.92 Å². The van der Waals surface area contributed by atoms with Gasteiger partial charge in [-0.3, -0.25) is 4.57 Å². The van der Waals surface area contributed by atoms with Crippen molar-refractivity contribution in [3.8, 4) is 0 Å². The second kappa shape index (κ2) is 4.70. The summed E-state index contributed by atoms with van der Waals surface area (Å²) in [5.41, 5.74) is 0.548. The van der Waals surface area contributed by atoms with Gasteiger partial charge < -0.3 is 20.1 Å². The van der Waals surface area contributed by atoms with E-state index in [9.17, 15) is 15.3 Å². The maximum Gasteiger partial charge on any atom is 0.165 e.